The Balaban J connectivity index is 1.94. The number of carboxylic acid groups (broad SMARTS) is 1. The molecule has 20 heavy (non-hydrogen) atoms. The van der Waals surface area contributed by atoms with Crippen molar-refractivity contribution in [3.63, 3.8) is 0 Å². The third kappa shape index (κ3) is 4.15. The van der Waals surface area contributed by atoms with Crippen molar-refractivity contribution in [2.75, 3.05) is 0 Å². The quantitative estimate of drug-likeness (QED) is 0.756. The van der Waals surface area contributed by atoms with E-state index in [0.29, 0.717) is 10.1 Å². The number of benzene rings is 1. The molecule has 106 valence electrons. The monoisotopic (exact) mass is 333 g/mol. The Hall–Kier alpha value is -1.19. The smallest absolute Gasteiger partial charge is 0.339 e. The normalized spacial score (nSPS) is 11.5. The minimum Gasteiger partial charge on any atom is -0.543 e. The van der Waals surface area contributed by atoms with E-state index in [1.807, 2.05) is 30.3 Å². The van der Waals surface area contributed by atoms with Crippen molar-refractivity contribution < 1.29 is 18.7 Å². The molecule has 0 aliphatic carbocycles. The fraction of sp³-hybridized carbons (Fsp3) is 0.182. The zero-order chi connectivity index (χ0) is 14.6. The predicted molar refractivity (Wildman–Crippen MR) is 71.7 cm³/mol. The molecule has 0 N–H and O–H groups in total. The van der Waals surface area contributed by atoms with Crippen molar-refractivity contribution in [1.29, 1.82) is 0 Å². The predicted octanol–water partition coefficient (Wildman–Crippen LogP) is 2.27. The van der Waals surface area contributed by atoms with Gasteiger partial charge in [0.25, 0.3) is 0 Å². The molecule has 0 spiro atoms. The van der Waals surface area contributed by atoms with Crippen molar-refractivity contribution in [3.05, 3.63) is 35.9 Å². The highest BCUT2D eigenvalue weighted by Gasteiger charge is 2.34. The summed E-state index contributed by atoms with van der Waals surface area (Å²) in [6.07, 6.45) is 0. The second kappa shape index (κ2) is 6.51. The Kier molecular flexibility index (Phi) is 4.95. The molecule has 0 unspecified atom stereocenters. The summed E-state index contributed by atoms with van der Waals surface area (Å²) in [5.74, 6) is -1.80. The first-order valence-corrected chi connectivity index (χ1v) is 7.88. The second-order valence-electron chi connectivity index (χ2n) is 3.51. The Labute approximate surface area is 125 Å². The average molecular weight is 333 g/mol. The highest BCUT2D eigenvalue weighted by molar-refractivity contribution is 8.04. The van der Waals surface area contributed by atoms with E-state index in [9.17, 15) is 18.7 Å². The lowest BCUT2D eigenvalue weighted by molar-refractivity contribution is -0.320. The minimum absolute atomic E-state index is 0.102. The molecule has 0 atom stereocenters. The molecule has 0 radical (unpaired) electrons. The summed E-state index contributed by atoms with van der Waals surface area (Å²) < 4.78 is 26.3. The molecule has 1 heterocycles. The summed E-state index contributed by atoms with van der Waals surface area (Å²) >= 11 is 2.11. The van der Waals surface area contributed by atoms with Crippen molar-refractivity contribution in [2.45, 2.75) is 19.7 Å². The fourth-order valence-corrected chi connectivity index (χ4v) is 3.97. The third-order valence-corrected chi connectivity index (χ3v) is 5.15. The van der Waals surface area contributed by atoms with E-state index >= 15 is 0 Å². The molecule has 0 fully saturated rings. The number of thioether (sulfide) groups is 2. The number of carbonyl (C=O) groups excluding carboxylic acids is 1. The van der Waals surface area contributed by atoms with Gasteiger partial charge < -0.3 is 9.90 Å². The lowest BCUT2D eigenvalue weighted by Crippen LogP contribution is -2.38. The lowest BCUT2D eigenvalue weighted by Gasteiger charge is -2.13. The average Bonchev–Trinajstić information content (AvgIpc) is 2.84. The summed E-state index contributed by atoms with van der Waals surface area (Å²) in [5, 5.41) is 13.5. The van der Waals surface area contributed by atoms with Gasteiger partial charge in [0.15, 0.2) is 8.68 Å². The fourth-order valence-electron chi connectivity index (χ4n) is 1.17. The third-order valence-electron chi connectivity index (χ3n) is 2.05. The highest BCUT2D eigenvalue weighted by Crippen LogP contribution is 2.39. The number of hydrogen-bond donors (Lipinski definition) is 0. The van der Waals surface area contributed by atoms with E-state index in [1.165, 1.54) is 11.8 Å². The standard InChI is InChI=1S/C11H8F2N2O2S3/c12-11(13,8(16)17)20-10-15-14-9(19-10)18-6-7-4-2-1-3-5-7/h1-5H,6H2,(H,16,17)/p-1. The first kappa shape index (κ1) is 15.2. The van der Waals surface area contributed by atoms with Crippen LogP contribution in [0.2, 0.25) is 0 Å². The molecule has 2 rings (SSSR count). The summed E-state index contributed by atoms with van der Waals surface area (Å²) in [4.78, 5) is 10.2. The molecule has 0 amide bonds. The zero-order valence-corrected chi connectivity index (χ0v) is 12.2. The molecule has 0 aliphatic rings. The van der Waals surface area contributed by atoms with Crippen LogP contribution in [-0.2, 0) is 10.5 Å². The van der Waals surface area contributed by atoms with Gasteiger partial charge in [0.1, 0.15) is 5.97 Å². The first-order valence-electron chi connectivity index (χ1n) is 5.26. The van der Waals surface area contributed by atoms with Gasteiger partial charge in [-0.3, -0.25) is 0 Å². The van der Waals surface area contributed by atoms with Gasteiger partial charge in [0.2, 0.25) is 0 Å². The minimum atomic E-state index is -4.00. The van der Waals surface area contributed by atoms with Gasteiger partial charge in [-0.05, 0) is 17.3 Å². The van der Waals surface area contributed by atoms with Gasteiger partial charge in [-0.15, -0.1) is 10.2 Å². The van der Waals surface area contributed by atoms with Gasteiger partial charge in [-0.2, -0.15) is 8.78 Å². The zero-order valence-electron chi connectivity index (χ0n) is 9.79. The van der Waals surface area contributed by atoms with E-state index < -0.39 is 11.2 Å². The summed E-state index contributed by atoms with van der Waals surface area (Å²) in [6, 6.07) is 9.58. The first-order chi connectivity index (χ1) is 9.47. The number of halogens is 2. The Bertz CT molecular complexity index is 592. The summed E-state index contributed by atoms with van der Waals surface area (Å²) in [7, 11) is 0. The van der Waals surface area contributed by atoms with E-state index in [2.05, 4.69) is 10.2 Å². The number of hydrogen-bond acceptors (Lipinski definition) is 7. The maximum atomic E-state index is 12.9. The van der Waals surface area contributed by atoms with Gasteiger partial charge in [-0.25, -0.2) is 0 Å². The number of aromatic nitrogens is 2. The van der Waals surface area contributed by atoms with Gasteiger partial charge >= 0.3 is 5.25 Å². The number of carboxylic acids is 1. The largest absolute Gasteiger partial charge is 0.543 e. The van der Waals surface area contributed by atoms with Crippen molar-refractivity contribution in [1.82, 2.24) is 10.2 Å². The molecule has 4 nitrogen and oxygen atoms in total. The molecule has 1 aromatic heterocycles. The van der Waals surface area contributed by atoms with E-state index in [0.717, 1.165) is 16.9 Å². The molecular weight excluding hydrogens is 326 g/mol. The van der Waals surface area contributed by atoms with Crippen molar-refractivity contribution in [2.24, 2.45) is 0 Å². The van der Waals surface area contributed by atoms with Crippen LogP contribution in [0.15, 0.2) is 39.0 Å². The van der Waals surface area contributed by atoms with Crippen LogP contribution in [0.1, 0.15) is 5.56 Å². The van der Waals surface area contributed by atoms with E-state index in [1.54, 1.807) is 0 Å². The van der Waals surface area contributed by atoms with Gasteiger partial charge in [0, 0.05) is 5.75 Å². The molecule has 0 aliphatic heterocycles. The molecule has 0 saturated heterocycles. The Morgan fingerprint density at radius 3 is 2.55 bits per heavy atom. The molecule has 2 aromatic rings. The SMILES string of the molecule is O=C([O-])C(F)(F)Sc1nnc(SCc2ccccc2)s1. The number of rotatable bonds is 6. The van der Waals surface area contributed by atoms with Crippen LogP contribution >= 0.6 is 34.9 Å². The van der Waals surface area contributed by atoms with Crippen LogP contribution in [0, 0.1) is 0 Å². The topological polar surface area (TPSA) is 65.9 Å². The van der Waals surface area contributed by atoms with Gasteiger partial charge in [-0.1, -0.05) is 53.4 Å². The van der Waals surface area contributed by atoms with Crippen molar-refractivity contribution >= 4 is 40.8 Å². The molecule has 0 saturated carbocycles. The van der Waals surface area contributed by atoms with E-state index in [-0.39, 0.29) is 16.1 Å². The van der Waals surface area contributed by atoms with Crippen molar-refractivity contribution in [3.8, 4) is 0 Å². The van der Waals surface area contributed by atoms with Crippen LogP contribution in [0.4, 0.5) is 8.78 Å². The number of aliphatic carboxylic acids is 1. The number of nitrogens with zero attached hydrogens (tertiary/aromatic N) is 2. The maximum absolute atomic E-state index is 12.9. The molecule has 1 aromatic carbocycles. The van der Waals surface area contributed by atoms with Gasteiger partial charge in [0.05, 0.1) is 0 Å². The van der Waals surface area contributed by atoms with Crippen LogP contribution in [0.5, 0.6) is 0 Å². The highest BCUT2D eigenvalue weighted by atomic mass is 32.2. The summed E-state index contributed by atoms with van der Waals surface area (Å²) in [5.41, 5.74) is 1.07. The molecule has 0 bridgehead atoms. The molecular formula is C11H7F2N2O2S3-. The van der Waals surface area contributed by atoms with Crippen LogP contribution in [-0.4, -0.2) is 21.4 Å². The Morgan fingerprint density at radius 2 is 1.90 bits per heavy atom. The van der Waals surface area contributed by atoms with Crippen LogP contribution in [0.25, 0.3) is 0 Å². The molecule has 9 heteroatoms. The Morgan fingerprint density at radius 1 is 1.25 bits per heavy atom. The van der Waals surface area contributed by atoms with Crippen LogP contribution < -0.4 is 5.11 Å². The number of carbonyl (C=O) groups is 1. The van der Waals surface area contributed by atoms with Crippen LogP contribution in [0.3, 0.4) is 0 Å². The number of alkyl halides is 2. The maximum Gasteiger partial charge on any atom is 0.339 e. The lowest BCUT2D eigenvalue weighted by atomic mass is 10.2. The van der Waals surface area contributed by atoms with E-state index in [4.69, 9.17) is 0 Å². The summed E-state index contributed by atoms with van der Waals surface area (Å²) in [6.45, 7) is 0. The second-order valence-corrected chi connectivity index (χ2v) is 7.08.